The number of likely N-dealkylation sites (N-methyl/N-ethyl adjacent to an activating group) is 2. The number of ether oxygens (including phenoxy) is 3. The summed E-state index contributed by atoms with van der Waals surface area (Å²) in [4.78, 5) is 4.53. The van der Waals surface area contributed by atoms with Gasteiger partial charge in [-0.25, -0.2) is 0 Å². The molecule has 1 atom stereocenters. The maximum absolute atomic E-state index is 7.14. The number of benzene rings is 2. The summed E-state index contributed by atoms with van der Waals surface area (Å²) in [6.45, 7) is 14.4. The minimum atomic E-state index is -0.670. The molecule has 1 unspecified atom stereocenters. The third-order valence-electron chi connectivity index (χ3n) is 9.74. The van der Waals surface area contributed by atoms with Crippen LogP contribution in [0.4, 0.5) is 11.4 Å². The summed E-state index contributed by atoms with van der Waals surface area (Å²) < 4.78 is 18.0. The van der Waals surface area contributed by atoms with Crippen molar-refractivity contribution < 1.29 is 14.2 Å². The summed E-state index contributed by atoms with van der Waals surface area (Å²) in [5.74, 6) is 1.80. The molecule has 2 aromatic carbocycles. The number of allylic oxidation sites excluding steroid dienone is 7. The van der Waals surface area contributed by atoms with Gasteiger partial charge in [0.15, 0.2) is 5.72 Å². The Kier molecular flexibility index (Phi) is 8.54. The van der Waals surface area contributed by atoms with Crippen LogP contribution in [-0.2, 0) is 15.6 Å². The lowest BCUT2D eigenvalue weighted by Crippen LogP contribution is -2.54. The fraction of sp³-hybridized carbons (Fsp3) is 0.459. The summed E-state index contributed by atoms with van der Waals surface area (Å²) in [5.41, 5.74) is 7.27. The van der Waals surface area contributed by atoms with Crippen molar-refractivity contribution in [2.24, 2.45) is 0 Å². The minimum absolute atomic E-state index is 0.150. The fourth-order valence-corrected chi connectivity index (χ4v) is 7.62. The average molecular weight is 603 g/mol. The van der Waals surface area contributed by atoms with Crippen molar-refractivity contribution in [3.05, 3.63) is 93.7 Å². The van der Waals surface area contributed by atoms with E-state index in [4.69, 9.17) is 25.8 Å². The Morgan fingerprint density at radius 2 is 1.49 bits per heavy atom. The third-order valence-corrected chi connectivity index (χ3v) is 10.2. The van der Waals surface area contributed by atoms with Crippen molar-refractivity contribution in [2.45, 2.75) is 77.4 Å². The van der Waals surface area contributed by atoms with Gasteiger partial charge < -0.3 is 24.0 Å². The molecule has 0 radical (unpaired) electrons. The first kappa shape index (κ1) is 31.3. The van der Waals surface area contributed by atoms with Crippen LogP contribution in [0.25, 0.3) is 0 Å². The van der Waals surface area contributed by atoms with Crippen LogP contribution in [0, 0.1) is 0 Å². The number of rotatable bonds is 8. The van der Waals surface area contributed by atoms with Crippen molar-refractivity contribution in [3.63, 3.8) is 0 Å². The minimum Gasteiger partial charge on any atom is -0.494 e. The van der Waals surface area contributed by atoms with Gasteiger partial charge in [-0.15, -0.1) is 0 Å². The Morgan fingerprint density at radius 3 is 2.12 bits per heavy atom. The smallest absolute Gasteiger partial charge is 0.169 e. The van der Waals surface area contributed by atoms with Gasteiger partial charge in [-0.05, 0) is 104 Å². The Morgan fingerprint density at radius 1 is 0.860 bits per heavy atom. The van der Waals surface area contributed by atoms with E-state index in [0.29, 0.717) is 13.2 Å². The number of hydrogen-bond acceptors (Lipinski definition) is 5. The summed E-state index contributed by atoms with van der Waals surface area (Å²) >= 11 is 7.14. The molecular weight excluding hydrogens is 556 g/mol. The topological polar surface area (TPSA) is 34.2 Å². The summed E-state index contributed by atoms with van der Waals surface area (Å²) in [5, 5.41) is 0.842. The highest BCUT2D eigenvalue weighted by Gasteiger charge is 2.55. The normalized spacial score (nSPS) is 24.3. The van der Waals surface area contributed by atoms with Crippen molar-refractivity contribution in [2.75, 3.05) is 44.2 Å². The molecule has 0 aromatic heterocycles. The first-order valence-corrected chi connectivity index (χ1v) is 15.9. The average Bonchev–Trinajstić information content (AvgIpc) is 3.27. The standard InChI is InChI=1S/C37H47ClN2O3/c1-10-42-27-16-18-31-29(23-27)35(3,4)33(39(31)7)20-15-25-13-12-14-26(34(25)38)21-22-37(41-9)36(5,6)30-24-28(43-11-2)17-19-32(30)40(37)8/h15-24H,10-14H2,1-9H3/b22-21+,25-15+,33-20-. The largest absolute Gasteiger partial charge is 0.494 e. The highest BCUT2D eigenvalue weighted by molar-refractivity contribution is 6.32. The molecule has 5 nitrogen and oxygen atoms in total. The predicted molar refractivity (Wildman–Crippen MR) is 180 cm³/mol. The number of halogens is 1. The quantitative estimate of drug-likeness (QED) is 0.301. The molecule has 0 fully saturated rings. The summed E-state index contributed by atoms with van der Waals surface area (Å²) in [7, 11) is 6.04. The van der Waals surface area contributed by atoms with Crippen LogP contribution in [0.5, 0.6) is 11.5 Å². The lowest BCUT2D eigenvalue weighted by Gasteiger charge is -2.43. The lowest BCUT2D eigenvalue weighted by molar-refractivity contribution is -0.0129. The van der Waals surface area contributed by atoms with Gasteiger partial charge in [0, 0.05) is 54.1 Å². The molecule has 1 aliphatic carbocycles. The number of anilines is 2. The second-order valence-corrected chi connectivity index (χ2v) is 13.1. The highest BCUT2D eigenvalue weighted by Crippen LogP contribution is 2.53. The summed E-state index contributed by atoms with van der Waals surface area (Å²) in [6, 6.07) is 12.7. The second kappa shape index (κ2) is 11.7. The van der Waals surface area contributed by atoms with Crippen LogP contribution in [0.15, 0.2) is 82.6 Å². The SMILES string of the molecule is CCOc1ccc2c(c1)C(C)(C)/C(=C/C=C1\CCCC(/C=C/C3(OC)N(C)c4ccc(OCC)cc4C3(C)C)=C1Cl)N2C. The predicted octanol–water partition coefficient (Wildman–Crippen LogP) is 9.03. The van der Waals surface area contributed by atoms with Gasteiger partial charge in [0.25, 0.3) is 0 Å². The fourth-order valence-electron chi connectivity index (χ4n) is 7.31. The third kappa shape index (κ3) is 5.09. The molecule has 0 saturated carbocycles. The Hall–Kier alpha value is -3.15. The van der Waals surface area contributed by atoms with E-state index in [1.165, 1.54) is 28.1 Å². The first-order chi connectivity index (χ1) is 20.4. The number of hydrogen-bond donors (Lipinski definition) is 0. The van der Waals surface area contributed by atoms with Gasteiger partial charge in [-0.1, -0.05) is 51.4 Å². The molecule has 0 bridgehead atoms. The van der Waals surface area contributed by atoms with E-state index in [1.807, 2.05) is 19.9 Å². The van der Waals surface area contributed by atoms with Gasteiger partial charge in [-0.2, -0.15) is 0 Å². The van der Waals surface area contributed by atoms with Crippen LogP contribution < -0.4 is 19.3 Å². The van der Waals surface area contributed by atoms with E-state index < -0.39 is 5.72 Å². The molecule has 230 valence electrons. The Balaban J connectivity index is 1.46. The van der Waals surface area contributed by atoms with Crippen molar-refractivity contribution in [1.29, 1.82) is 0 Å². The zero-order valence-electron chi connectivity index (χ0n) is 27.3. The maximum Gasteiger partial charge on any atom is 0.169 e. The lowest BCUT2D eigenvalue weighted by atomic mass is 9.77. The Labute approximate surface area is 263 Å². The molecule has 3 aliphatic rings. The van der Waals surface area contributed by atoms with Gasteiger partial charge >= 0.3 is 0 Å². The number of nitrogens with zero attached hydrogens (tertiary/aromatic N) is 2. The highest BCUT2D eigenvalue weighted by atomic mass is 35.5. The molecule has 2 aliphatic heterocycles. The van der Waals surface area contributed by atoms with Crippen LogP contribution in [0.1, 0.15) is 71.9 Å². The molecule has 5 rings (SSSR count). The van der Waals surface area contributed by atoms with Gasteiger partial charge in [0.1, 0.15) is 11.5 Å². The van der Waals surface area contributed by atoms with Crippen LogP contribution in [0.2, 0.25) is 0 Å². The summed E-state index contributed by atoms with van der Waals surface area (Å²) in [6.07, 6.45) is 11.8. The van der Waals surface area contributed by atoms with E-state index in [1.54, 1.807) is 7.11 Å². The van der Waals surface area contributed by atoms with Gasteiger partial charge in [0.2, 0.25) is 0 Å². The molecule has 6 heteroatoms. The van der Waals surface area contributed by atoms with Crippen LogP contribution >= 0.6 is 11.6 Å². The molecular formula is C37H47ClN2O3. The monoisotopic (exact) mass is 602 g/mol. The Bertz CT molecular complexity index is 1520. The van der Waals surface area contributed by atoms with E-state index in [2.05, 4.69) is 106 Å². The second-order valence-electron chi connectivity index (χ2n) is 12.8. The zero-order valence-corrected chi connectivity index (χ0v) is 28.1. The van der Waals surface area contributed by atoms with E-state index >= 15 is 0 Å². The molecule has 2 aromatic rings. The van der Waals surface area contributed by atoms with Crippen LogP contribution in [0.3, 0.4) is 0 Å². The maximum atomic E-state index is 7.14. The van der Waals surface area contributed by atoms with Crippen LogP contribution in [-0.4, -0.2) is 40.1 Å². The molecule has 0 saturated heterocycles. The van der Waals surface area contributed by atoms with Crippen molar-refractivity contribution in [3.8, 4) is 11.5 Å². The van der Waals surface area contributed by atoms with Crippen molar-refractivity contribution >= 4 is 23.0 Å². The molecule has 0 N–H and O–H groups in total. The van der Waals surface area contributed by atoms with Crippen molar-refractivity contribution in [1.82, 2.24) is 0 Å². The number of fused-ring (bicyclic) bond motifs is 2. The van der Waals surface area contributed by atoms with E-state index in [0.717, 1.165) is 47.1 Å². The molecule has 0 amide bonds. The van der Waals surface area contributed by atoms with Gasteiger partial charge in [-0.3, -0.25) is 0 Å². The molecule has 43 heavy (non-hydrogen) atoms. The molecule has 2 heterocycles. The van der Waals surface area contributed by atoms with E-state index in [9.17, 15) is 0 Å². The first-order valence-electron chi connectivity index (χ1n) is 15.5. The number of methoxy groups -OCH3 is 1. The van der Waals surface area contributed by atoms with E-state index in [-0.39, 0.29) is 10.8 Å². The molecule has 0 spiro atoms. The zero-order chi connectivity index (χ0) is 31.2. The van der Waals surface area contributed by atoms with Gasteiger partial charge in [0.05, 0.1) is 13.2 Å².